The normalized spacial score (nSPS) is 14.2. The first-order chi connectivity index (χ1) is 9.89. The molecule has 1 N–H and O–H groups in total. The van der Waals surface area contributed by atoms with Crippen LogP contribution in [0.4, 0.5) is 4.79 Å². The first-order valence-corrected chi connectivity index (χ1v) is 7.68. The Hall–Kier alpha value is -1.55. The maximum Gasteiger partial charge on any atom is 0.410 e. The monoisotopic (exact) mass is 290 g/mol. The van der Waals surface area contributed by atoms with Gasteiger partial charge in [-0.3, -0.25) is 4.90 Å². The van der Waals surface area contributed by atoms with E-state index in [1.54, 1.807) is 4.90 Å². The molecule has 1 aliphatic rings. The molecular weight excluding hydrogens is 264 g/mol. The molecule has 1 amide bonds. The van der Waals surface area contributed by atoms with Crippen LogP contribution in [0.5, 0.6) is 0 Å². The van der Waals surface area contributed by atoms with Crippen molar-refractivity contribution < 1.29 is 9.53 Å². The van der Waals surface area contributed by atoms with E-state index in [0.717, 1.165) is 19.5 Å². The van der Waals surface area contributed by atoms with E-state index >= 15 is 0 Å². The van der Waals surface area contributed by atoms with Crippen molar-refractivity contribution in [3.8, 4) is 0 Å². The van der Waals surface area contributed by atoms with Crippen LogP contribution in [0.1, 0.15) is 50.8 Å². The Morgan fingerprint density at radius 2 is 2.00 bits per heavy atom. The maximum atomic E-state index is 12.1. The number of rotatable bonds is 4. The van der Waals surface area contributed by atoms with Crippen LogP contribution in [-0.2, 0) is 24.4 Å². The molecule has 0 radical (unpaired) electrons. The number of hydrogen-bond donors (Lipinski definition) is 1. The fraction of sp³-hybridized carbons (Fsp3) is 0.588. The minimum atomic E-state index is -0.443. The third kappa shape index (κ3) is 4.46. The second-order valence-electron chi connectivity index (χ2n) is 6.62. The van der Waals surface area contributed by atoms with Gasteiger partial charge in [-0.2, -0.15) is 0 Å². The lowest BCUT2D eigenvalue weighted by Crippen LogP contribution is -2.33. The van der Waals surface area contributed by atoms with E-state index in [2.05, 4.69) is 30.4 Å². The Kier molecular flexibility index (Phi) is 4.88. The Balaban J connectivity index is 1.97. The Labute approximate surface area is 127 Å². The molecule has 0 unspecified atom stereocenters. The van der Waals surface area contributed by atoms with E-state index in [9.17, 15) is 4.79 Å². The number of amides is 1. The van der Waals surface area contributed by atoms with Crippen LogP contribution in [-0.4, -0.2) is 23.1 Å². The molecule has 1 aromatic carbocycles. The summed E-state index contributed by atoms with van der Waals surface area (Å²) < 4.78 is 5.44. The lowest BCUT2D eigenvalue weighted by atomic mass is 10.1. The average Bonchev–Trinajstić information content (AvgIpc) is 2.80. The van der Waals surface area contributed by atoms with Crippen LogP contribution in [0.3, 0.4) is 0 Å². The predicted octanol–water partition coefficient (Wildman–Crippen LogP) is 3.44. The molecule has 0 bridgehead atoms. The van der Waals surface area contributed by atoms with Gasteiger partial charge in [0.25, 0.3) is 0 Å². The number of benzene rings is 1. The number of fused-ring (bicyclic) bond motifs is 1. The summed E-state index contributed by atoms with van der Waals surface area (Å²) in [5.41, 5.74) is 3.28. The summed E-state index contributed by atoms with van der Waals surface area (Å²) in [7, 11) is 0. The van der Waals surface area contributed by atoms with E-state index in [-0.39, 0.29) is 6.09 Å². The summed E-state index contributed by atoms with van der Waals surface area (Å²) in [6.07, 6.45) is 0.904. The zero-order valence-corrected chi connectivity index (χ0v) is 13.5. The first kappa shape index (κ1) is 15.8. The van der Waals surface area contributed by atoms with Crippen LogP contribution in [0.15, 0.2) is 18.2 Å². The number of carbonyl (C=O) groups excluding carboxylic acids is 1. The molecule has 4 heteroatoms. The molecule has 1 heterocycles. The summed E-state index contributed by atoms with van der Waals surface area (Å²) in [5, 5.41) is 3.40. The van der Waals surface area contributed by atoms with Gasteiger partial charge in [0.2, 0.25) is 0 Å². The molecule has 0 aliphatic carbocycles. The van der Waals surface area contributed by atoms with Crippen LogP contribution in [0.2, 0.25) is 0 Å². The molecule has 1 aromatic rings. The first-order valence-electron chi connectivity index (χ1n) is 7.68. The van der Waals surface area contributed by atoms with Crippen molar-refractivity contribution in [1.82, 2.24) is 10.2 Å². The van der Waals surface area contributed by atoms with Gasteiger partial charge in [-0.1, -0.05) is 25.1 Å². The minimum absolute atomic E-state index is 0.232. The van der Waals surface area contributed by atoms with Gasteiger partial charge in [-0.05, 0) is 50.4 Å². The fourth-order valence-electron chi connectivity index (χ4n) is 2.42. The maximum absolute atomic E-state index is 12.1. The Morgan fingerprint density at radius 1 is 1.29 bits per heavy atom. The van der Waals surface area contributed by atoms with E-state index in [1.165, 1.54) is 16.7 Å². The second kappa shape index (κ2) is 6.48. The van der Waals surface area contributed by atoms with Crippen molar-refractivity contribution >= 4 is 6.09 Å². The highest BCUT2D eigenvalue weighted by atomic mass is 16.6. The van der Waals surface area contributed by atoms with Gasteiger partial charge in [-0.25, -0.2) is 4.79 Å². The molecule has 1 aliphatic heterocycles. The van der Waals surface area contributed by atoms with E-state index in [1.807, 2.05) is 20.8 Å². The van der Waals surface area contributed by atoms with Gasteiger partial charge in [0.1, 0.15) is 5.60 Å². The molecule has 0 spiro atoms. The highest BCUT2D eigenvalue weighted by molar-refractivity contribution is 5.69. The summed E-state index contributed by atoms with van der Waals surface area (Å²) in [6.45, 7) is 11.0. The SMILES string of the molecule is CCCNCc1ccc2c(c1)CN(C(=O)OC(C)(C)C)C2. The van der Waals surface area contributed by atoms with E-state index < -0.39 is 5.60 Å². The fourth-order valence-corrected chi connectivity index (χ4v) is 2.42. The van der Waals surface area contributed by atoms with Crippen molar-refractivity contribution in [3.63, 3.8) is 0 Å². The second-order valence-corrected chi connectivity index (χ2v) is 6.62. The third-order valence-electron chi connectivity index (χ3n) is 3.40. The number of ether oxygens (including phenoxy) is 1. The highest BCUT2D eigenvalue weighted by Gasteiger charge is 2.27. The highest BCUT2D eigenvalue weighted by Crippen LogP contribution is 2.25. The zero-order valence-electron chi connectivity index (χ0n) is 13.5. The molecule has 0 atom stereocenters. The third-order valence-corrected chi connectivity index (χ3v) is 3.40. The van der Waals surface area contributed by atoms with Gasteiger partial charge in [0.05, 0.1) is 0 Å². The lowest BCUT2D eigenvalue weighted by Gasteiger charge is -2.24. The number of carbonyl (C=O) groups is 1. The van der Waals surface area contributed by atoms with Gasteiger partial charge in [-0.15, -0.1) is 0 Å². The largest absolute Gasteiger partial charge is 0.444 e. The van der Waals surface area contributed by atoms with Crippen LogP contribution in [0.25, 0.3) is 0 Å². The van der Waals surface area contributed by atoms with Crippen molar-refractivity contribution in [2.75, 3.05) is 6.54 Å². The average molecular weight is 290 g/mol. The topological polar surface area (TPSA) is 41.6 Å². The molecule has 0 saturated heterocycles. The number of nitrogens with zero attached hydrogens (tertiary/aromatic N) is 1. The summed E-state index contributed by atoms with van der Waals surface area (Å²) >= 11 is 0. The molecule has 0 saturated carbocycles. The number of hydrogen-bond acceptors (Lipinski definition) is 3. The van der Waals surface area contributed by atoms with Crippen molar-refractivity contribution in [2.45, 2.75) is 59.4 Å². The zero-order chi connectivity index (χ0) is 15.5. The summed E-state index contributed by atoms with van der Waals surface area (Å²) in [5.74, 6) is 0. The van der Waals surface area contributed by atoms with E-state index in [0.29, 0.717) is 13.1 Å². The van der Waals surface area contributed by atoms with Crippen molar-refractivity contribution in [1.29, 1.82) is 0 Å². The van der Waals surface area contributed by atoms with Gasteiger partial charge >= 0.3 is 6.09 Å². The molecule has 4 nitrogen and oxygen atoms in total. The lowest BCUT2D eigenvalue weighted by molar-refractivity contribution is 0.0242. The summed E-state index contributed by atoms with van der Waals surface area (Å²) in [6, 6.07) is 6.46. The van der Waals surface area contributed by atoms with Gasteiger partial charge < -0.3 is 10.1 Å². The van der Waals surface area contributed by atoms with Crippen molar-refractivity contribution in [3.05, 3.63) is 34.9 Å². The van der Waals surface area contributed by atoms with Gasteiger partial charge in [0.15, 0.2) is 0 Å². The molecule has 0 aromatic heterocycles. The van der Waals surface area contributed by atoms with E-state index in [4.69, 9.17) is 4.74 Å². The van der Waals surface area contributed by atoms with Crippen molar-refractivity contribution in [2.24, 2.45) is 0 Å². The quantitative estimate of drug-likeness (QED) is 0.864. The molecular formula is C17H26N2O2. The molecule has 116 valence electrons. The van der Waals surface area contributed by atoms with Crippen LogP contribution < -0.4 is 5.32 Å². The molecule has 21 heavy (non-hydrogen) atoms. The van der Waals surface area contributed by atoms with Crippen LogP contribution in [0, 0.1) is 0 Å². The summed E-state index contributed by atoms with van der Waals surface area (Å²) in [4.78, 5) is 13.9. The molecule has 2 rings (SSSR count). The Morgan fingerprint density at radius 3 is 2.67 bits per heavy atom. The Bertz CT molecular complexity index is 506. The minimum Gasteiger partial charge on any atom is -0.444 e. The predicted molar refractivity (Wildman–Crippen MR) is 83.9 cm³/mol. The van der Waals surface area contributed by atoms with Crippen LogP contribution >= 0.6 is 0 Å². The van der Waals surface area contributed by atoms with Gasteiger partial charge in [0, 0.05) is 19.6 Å². The molecule has 0 fully saturated rings. The number of nitrogens with one attached hydrogen (secondary N) is 1. The smallest absolute Gasteiger partial charge is 0.410 e. The standard InChI is InChI=1S/C17H26N2O2/c1-5-8-18-10-13-6-7-14-11-19(12-15(14)9-13)16(20)21-17(2,3)4/h6-7,9,18H,5,8,10-12H2,1-4H3.